The van der Waals surface area contributed by atoms with Crippen molar-refractivity contribution in [3.05, 3.63) is 83.8 Å². The van der Waals surface area contributed by atoms with Crippen molar-refractivity contribution in [2.75, 3.05) is 7.05 Å². The number of sulfone groups is 1. The van der Waals surface area contributed by atoms with E-state index in [1.807, 2.05) is 31.3 Å². The minimum Gasteiger partial charge on any atom is -0.398 e. The van der Waals surface area contributed by atoms with E-state index in [9.17, 15) is 13.2 Å². The van der Waals surface area contributed by atoms with Gasteiger partial charge in [0.15, 0.2) is 9.84 Å². The van der Waals surface area contributed by atoms with Crippen molar-refractivity contribution >= 4 is 21.3 Å². The number of benzene rings is 2. The molecular weight excluding hydrogens is 424 g/mol. The summed E-state index contributed by atoms with van der Waals surface area (Å²) in [5.74, 6) is -0.366. The zero-order valence-corrected chi connectivity index (χ0v) is 19.1. The van der Waals surface area contributed by atoms with Gasteiger partial charge in [0.25, 0.3) is 0 Å². The second-order valence-electron chi connectivity index (χ2n) is 7.60. The Hall–Kier alpha value is -3.36. The van der Waals surface area contributed by atoms with E-state index >= 15 is 0 Å². The van der Waals surface area contributed by atoms with Gasteiger partial charge in [-0.25, -0.2) is 13.4 Å². The van der Waals surface area contributed by atoms with E-state index in [0.29, 0.717) is 17.0 Å². The third-order valence-corrected chi connectivity index (χ3v) is 7.11. The third-order valence-electron chi connectivity index (χ3n) is 4.94. The minimum absolute atomic E-state index is 0.149. The molecule has 0 unspecified atom stereocenters. The molecule has 0 aliphatic carbocycles. The van der Waals surface area contributed by atoms with Crippen LogP contribution in [0.2, 0.25) is 0 Å². The molecule has 0 saturated carbocycles. The van der Waals surface area contributed by atoms with Crippen LogP contribution in [0.5, 0.6) is 0 Å². The maximum Gasteiger partial charge on any atom is 0.207 e. The first-order valence-electron chi connectivity index (χ1n) is 10.1. The molecule has 0 aliphatic heterocycles. The maximum absolute atomic E-state index is 12.7. The first-order chi connectivity index (χ1) is 15.2. The second-order valence-corrected chi connectivity index (χ2v) is 10.1. The summed E-state index contributed by atoms with van der Waals surface area (Å²) in [7, 11) is -1.49. The molecule has 3 rings (SSSR count). The van der Waals surface area contributed by atoms with Gasteiger partial charge in [-0.05, 0) is 44.2 Å². The Morgan fingerprint density at radius 1 is 1.06 bits per heavy atom. The van der Waals surface area contributed by atoms with Crippen LogP contribution in [0, 0.1) is 0 Å². The highest BCUT2D eigenvalue weighted by Crippen LogP contribution is 2.22. The summed E-state index contributed by atoms with van der Waals surface area (Å²) >= 11 is 0. The highest BCUT2D eigenvalue weighted by atomic mass is 32.2. The van der Waals surface area contributed by atoms with Crippen LogP contribution in [0.4, 0.5) is 0 Å². The molecule has 1 heterocycles. The van der Waals surface area contributed by atoms with Crippen LogP contribution in [-0.4, -0.2) is 36.5 Å². The first kappa shape index (κ1) is 23.3. The van der Waals surface area contributed by atoms with Gasteiger partial charge in [-0.15, -0.1) is 0 Å². The van der Waals surface area contributed by atoms with Crippen LogP contribution in [0.1, 0.15) is 35.5 Å². The normalized spacial score (nSPS) is 12.2. The number of carbonyl (C=O) groups excluding carboxylic acids is 1. The number of allylic oxidation sites excluding steroid dienone is 1. The number of rotatable bonds is 8. The molecule has 0 spiro atoms. The SMILES string of the molecule is CNCc1ccc(C(N)=CC(=O)c2cncc(-c3ccc(S(=O)(=O)C(C)C)cc3)n2)cc1. The lowest BCUT2D eigenvalue weighted by molar-refractivity contribution is 0.104. The van der Waals surface area contributed by atoms with Crippen molar-refractivity contribution in [1.82, 2.24) is 15.3 Å². The Bertz CT molecular complexity index is 1230. The molecule has 32 heavy (non-hydrogen) atoms. The quantitative estimate of drug-likeness (QED) is 0.400. The highest BCUT2D eigenvalue weighted by Gasteiger charge is 2.19. The van der Waals surface area contributed by atoms with Gasteiger partial charge in [0.2, 0.25) is 5.78 Å². The van der Waals surface area contributed by atoms with Gasteiger partial charge in [0.05, 0.1) is 28.2 Å². The van der Waals surface area contributed by atoms with Gasteiger partial charge in [-0.1, -0.05) is 36.4 Å². The summed E-state index contributed by atoms with van der Waals surface area (Å²) in [6, 6.07) is 14.0. The van der Waals surface area contributed by atoms with E-state index < -0.39 is 15.1 Å². The van der Waals surface area contributed by atoms with Crippen molar-refractivity contribution in [3.63, 3.8) is 0 Å². The van der Waals surface area contributed by atoms with Crippen molar-refractivity contribution in [1.29, 1.82) is 0 Å². The van der Waals surface area contributed by atoms with Crippen molar-refractivity contribution < 1.29 is 13.2 Å². The van der Waals surface area contributed by atoms with E-state index in [2.05, 4.69) is 15.3 Å². The fourth-order valence-corrected chi connectivity index (χ4v) is 4.09. The molecule has 8 heteroatoms. The van der Waals surface area contributed by atoms with Crippen molar-refractivity contribution in [2.24, 2.45) is 5.73 Å². The van der Waals surface area contributed by atoms with Gasteiger partial charge < -0.3 is 11.1 Å². The van der Waals surface area contributed by atoms with Crippen LogP contribution in [0.25, 0.3) is 17.0 Å². The second kappa shape index (κ2) is 9.84. The number of hydrogen-bond acceptors (Lipinski definition) is 7. The zero-order chi connectivity index (χ0) is 23.3. The van der Waals surface area contributed by atoms with E-state index in [4.69, 9.17) is 5.73 Å². The van der Waals surface area contributed by atoms with Crippen LogP contribution in [0.15, 0.2) is 71.9 Å². The van der Waals surface area contributed by atoms with Crippen LogP contribution in [0.3, 0.4) is 0 Å². The molecule has 0 fully saturated rings. The van der Waals surface area contributed by atoms with Crippen LogP contribution < -0.4 is 11.1 Å². The third kappa shape index (κ3) is 5.27. The largest absolute Gasteiger partial charge is 0.398 e. The molecule has 1 aromatic heterocycles. The molecule has 2 aromatic carbocycles. The summed E-state index contributed by atoms with van der Waals surface area (Å²) in [4.78, 5) is 21.4. The van der Waals surface area contributed by atoms with E-state index in [0.717, 1.165) is 17.7 Å². The monoisotopic (exact) mass is 450 g/mol. The lowest BCUT2D eigenvalue weighted by atomic mass is 10.1. The molecule has 0 bridgehead atoms. The Balaban J connectivity index is 1.82. The Labute approximate surface area is 188 Å². The molecule has 0 atom stereocenters. The van der Waals surface area contributed by atoms with Gasteiger partial charge in [0.1, 0.15) is 5.69 Å². The molecular formula is C24H26N4O3S. The van der Waals surface area contributed by atoms with Crippen molar-refractivity contribution in [3.8, 4) is 11.3 Å². The van der Waals surface area contributed by atoms with Crippen LogP contribution >= 0.6 is 0 Å². The summed E-state index contributed by atoms with van der Waals surface area (Å²) in [6.45, 7) is 4.02. The van der Waals surface area contributed by atoms with Gasteiger partial charge in [0, 0.05) is 23.9 Å². The lowest BCUT2D eigenvalue weighted by Crippen LogP contribution is -2.13. The molecule has 7 nitrogen and oxygen atoms in total. The molecule has 0 saturated heterocycles. The Kier molecular flexibility index (Phi) is 7.17. The Morgan fingerprint density at radius 3 is 2.31 bits per heavy atom. The summed E-state index contributed by atoms with van der Waals surface area (Å²) in [5, 5.41) is 2.57. The van der Waals surface area contributed by atoms with Gasteiger partial charge >= 0.3 is 0 Å². The number of carbonyl (C=O) groups is 1. The summed E-state index contributed by atoms with van der Waals surface area (Å²) in [6.07, 6.45) is 4.23. The average Bonchev–Trinajstić information content (AvgIpc) is 2.79. The molecule has 3 aromatic rings. The fourth-order valence-electron chi connectivity index (χ4n) is 3.03. The summed E-state index contributed by atoms with van der Waals surface area (Å²) in [5.41, 5.74) is 9.57. The number of ketones is 1. The van der Waals surface area contributed by atoms with Gasteiger partial charge in [-0.2, -0.15) is 0 Å². The summed E-state index contributed by atoms with van der Waals surface area (Å²) < 4.78 is 24.6. The van der Waals surface area contributed by atoms with E-state index in [1.165, 1.54) is 30.6 Å². The number of hydrogen-bond donors (Lipinski definition) is 2. The zero-order valence-electron chi connectivity index (χ0n) is 18.2. The lowest BCUT2D eigenvalue weighted by Gasteiger charge is -2.09. The number of aromatic nitrogens is 2. The topological polar surface area (TPSA) is 115 Å². The molecule has 0 amide bonds. The van der Waals surface area contributed by atoms with E-state index in [-0.39, 0.29) is 16.4 Å². The molecule has 0 aliphatic rings. The number of nitrogens with two attached hydrogens (primary N) is 1. The Morgan fingerprint density at radius 2 is 1.72 bits per heavy atom. The fraction of sp³-hybridized carbons (Fsp3) is 0.208. The molecule has 166 valence electrons. The number of nitrogens with zero attached hydrogens (tertiary/aromatic N) is 2. The smallest absolute Gasteiger partial charge is 0.207 e. The highest BCUT2D eigenvalue weighted by molar-refractivity contribution is 7.92. The van der Waals surface area contributed by atoms with Crippen LogP contribution in [-0.2, 0) is 16.4 Å². The standard InChI is InChI=1S/C24H26N4O3S/c1-16(2)32(30,31)20-10-8-19(9-11-20)22-14-27-15-23(28-22)24(29)12-21(25)18-6-4-17(5-7-18)13-26-3/h4-12,14-16,26H,13,25H2,1-3H3. The minimum atomic E-state index is -3.36. The van der Waals surface area contributed by atoms with Gasteiger partial charge in [-0.3, -0.25) is 9.78 Å². The van der Waals surface area contributed by atoms with E-state index in [1.54, 1.807) is 26.0 Å². The predicted octanol–water partition coefficient (Wildman–Crippen LogP) is 3.23. The predicted molar refractivity (Wildman–Crippen MR) is 125 cm³/mol. The maximum atomic E-state index is 12.7. The first-order valence-corrected chi connectivity index (χ1v) is 11.7. The molecule has 0 radical (unpaired) electrons. The molecule has 3 N–H and O–H groups in total. The average molecular weight is 451 g/mol. The number of nitrogens with one attached hydrogen (secondary N) is 1. The van der Waals surface area contributed by atoms with Crippen molar-refractivity contribution in [2.45, 2.75) is 30.5 Å².